The van der Waals surface area contributed by atoms with E-state index in [0.29, 0.717) is 12.6 Å². The lowest BCUT2D eigenvalue weighted by Gasteiger charge is -2.17. The Morgan fingerprint density at radius 1 is 1.19 bits per heavy atom. The van der Waals surface area contributed by atoms with Gasteiger partial charge in [0.2, 0.25) is 0 Å². The van der Waals surface area contributed by atoms with Gasteiger partial charge in [0, 0.05) is 40.2 Å². The number of aryl methyl sites for hydroxylation is 1. The molecule has 4 nitrogen and oxygen atoms in total. The van der Waals surface area contributed by atoms with Gasteiger partial charge in [-0.25, -0.2) is 4.98 Å². The number of aromatic nitrogens is 1. The monoisotopic (exact) mass is 512 g/mol. The summed E-state index contributed by atoms with van der Waals surface area (Å²) in [6.45, 7) is 4.98. The second kappa shape index (κ2) is 10.8. The van der Waals surface area contributed by atoms with Crippen LogP contribution in [0.4, 0.5) is 0 Å². The molecule has 2 aromatic heterocycles. The molecule has 0 amide bonds. The first kappa shape index (κ1) is 21.8. The van der Waals surface area contributed by atoms with Crippen LogP contribution >= 0.6 is 46.7 Å². The molecule has 1 aromatic carbocycles. The molecule has 7 heteroatoms. The SMILES string of the molecule is CN=C(NCc1csc(-c2ccccc2)n1)NC(C)Cc1ccc(C)s1.I. The van der Waals surface area contributed by atoms with Crippen molar-refractivity contribution in [1.29, 1.82) is 0 Å². The summed E-state index contributed by atoms with van der Waals surface area (Å²) in [6, 6.07) is 15.0. The van der Waals surface area contributed by atoms with Gasteiger partial charge in [0.25, 0.3) is 0 Å². The number of rotatable bonds is 6. The molecule has 1 atom stereocenters. The fraction of sp³-hybridized carbons (Fsp3) is 0.300. The molecule has 1 unspecified atom stereocenters. The number of thiazole rings is 1. The Morgan fingerprint density at radius 2 is 1.96 bits per heavy atom. The van der Waals surface area contributed by atoms with Gasteiger partial charge in [0.1, 0.15) is 5.01 Å². The molecule has 0 saturated heterocycles. The highest BCUT2D eigenvalue weighted by Gasteiger charge is 2.09. The fourth-order valence-electron chi connectivity index (χ4n) is 2.65. The van der Waals surface area contributed by atoms with Crippen molar-refractivity contribution >= 4 is 52.6 Å². The maximum absolute atomic E-state index is 4.71. The molecule has 27 heavy (non-hydrogen) atoms. The Labute approximate surface area is 186 Å². The van der Waals surface area contributed by atoms with Crippen LogP contribution in [0.25, 0.3) is 10.6 Å². The minimum atomic E-state index is 0. The van der Waals surface area contributed by atoms with E-state index in [0.717, 1.165) is 28.6 Å². The van der Waals surface area contributed by atoms with E-state index in [1.54, 1.807) is 18.4 Å². The molecule has 2 heterocycles. The molecule has 0 saturated carbocycles. The number of benzene rings is 1. The van der Waals surface area contributed by atoms with Gasteiger partial charge in [0.15, 0.2) is 5.96 Å². The second-order valence-corrected chi connectivity index (χ2v) is 8.43. The summed E-state index contributed by atoms with van der Waals surface area (Å²) in [6.07, 6.45) is 0.994. The zero-order chi connectivity index (χ0) is 18.4. The number of guanidine groups is 1. The number of nitrogens with zero attached hydrogens (tertiary/aromatic N) is 2. The van der Waals surface area contributed by atoms with Crippen molar-refractivity contribution in [3.05, 3.63) is 63.3 Å². The Bertz CT molecular complexity index is 858. The van der Waals surface area contributed by atoms with Crippen molar-refractivity contribution in [1.82, 2.24) is 15.6 Å². The van der Waals surface area contributed by atoms with E-state index < -0.39 is 0 Å². The standard InChI is InChI=1S/C20H24N4S2.HI/c1-14(11-18-10-9-15(2)26-18)23-20(21-3)22-12-17-13-25-19(24-17)16-7-5-4-6-8-16;/h4-10,13-14H,11-12H2,1-3H3,(H2,21,22,23);1H. The number of nitrogens with one attached hydrogen (secondary N) is 2. The molecule has 0 aliphatic carbocycles. The molecule has 3 aromatic rings. The lowest BCUT2D eigenvalue weighted by Crippen LogP contribution is -2.42. The summed E-state index contributed by atoms with van der Waals surface area (Å²) < 4.78 is 0. The molecule has 144 valence electrons. The largest absolute Gasteiger partial charge is 0.354 e. The molecule has 0 aliphatic rings. The van der Waals surface area contributed by atoms with E-state index in [1.165, 1.54) is 9.75 Å². The maximum Gasteiger partial charge on any atom is 0.191 e. The highest BCUT2D eigenvalue weighted by molar-refractivity contribution is 14.0. The maximum atomic E-state index is 4.71. The van der Waals surface area contributed by atoms with Crippen molar-refractivity contribution in [2.45, 2.75) is 32.9 Å². The van der Waals surface area contributed by atoms with Crippen molar-refractivity contribution in [3.63, 3.8) is 0 Å². The third-order valence-electron chi connectivity index (χ3n) is 3.92. The van der Waals surface area contributed by atoms with Crippen molar-refractivity contribution in [2.24, 2.45) is 4.99 Å². The predicted octanol–water partition coefficient (Wildman–Crippen LogP) is 5.09. The molecular formula is C20H25IN4S2. The van der Waals surface area contributed by atoms with Crippen LogP contribution < -0.4 is 10.6 Å². The van der Waals surface area contributed by atoms with Crippen molar-refractivity contribution in [3.8, 4) is 10.6 Å². The molecule has 3 rings (SSSR count). The lowest BCUT2D eigenvalue weighted by molar-refractivity contribution is 0.644. The van der Waals surface area contributed by atoms with Crippen LogP contribution in [0, 0.1) is 6.92 Å². The minimum absolute atomic E-state index is 0. The van der Waals surface area contributed by atoms with Crippen molar-refractivity contribution < 1.29 is 0 Å². The predicted molar refractivity (Wildman–Crippen MR) is 129 cm³/mol. The first-order valence-electron chi connectivity index (χ1n) is 8.66. The molecule has 0 aliphatic heterocycles. The van der Waals surface area contributed by atoms with Crippen LogP contribution in [0.5, 0.6) is 0 Å². The number of hydrogen-bond acceptors (Lipinski definition) is 4. The third-order valence-corrected chi connectivity index (χ3v) is 5.88. The summed E-state index contributed by atoms with van der Waals surface area (Å²) in [7, 11) is 1.80. The quantitative estimate of drug-likeness (QED) is 0.275. The average Bonchev–Trinajstić information content (AvgIpc) is 3.28. The summed E-state index contributed by atoms with van der Waals surface area (Å²) in [5.74, 6) is 0.806. The summed E-state index contributed by atoms with van der Waals surface area (Å²) >= 11 is 3.52. The van der Waals surface area contributed by atoms with Gasteiger partial charge in [-0.05, 0) is 26.0 Å². The lowest BCUT2D eigenvalue weighted by atomic mass is 10.2. The van der Waals surface area contributed by atoms with Gasteiger partial charge < -0.3 is 10.6 Å². The molecular weight excluding hydrogens is 487 g/mol. The van der Waals surface area contributed by atoms with Gasteiger partial charge in [0.05, 0.1) is 12.2 Å². The molecule has 0 spiro atoms. The molecule has 0 bridgehead atoms. The van der Waals surface area contributed by atoms with E-state index in [2.05, 4.69) is 59.1 Å². The molecule has 0 fully saturated rings. The smallest absolute Gasteiger partial charge is 0.191 e. The van der Waals surface area contributed by atoms with Crippen LogP contribution in [0.1, 0.15) is 22.4 Å². The third kappa shape index (κ3) is 6.58. The van der Waals surface area contributed by atoms with Gasteiger partial charge in [-0.1, -0.05) is 30.3 Å². The minimum Gasteiger partial charge on any atom is -0.354 e. The number of thiophene rings is 1. The number of halogens is 1. The summed E-state index contributed by atoms with van der Waals surface area (Å²) in [5.41, 5.74) is 2.18. The Kier molecular flexibility index (Phi) is 8.72. The normalized spacial score (nSPS) is 12.3. The summed E-state index contributed by atoms with van der Waals surface area (Å²) in [4.78, 5) is 11.8. The topological polar surface area (TPSA) is 49.3 Å². The Hall–Kier alpha value is -1.45. The van der Waals surface area contributed by atoms with Crippen LogP contribution in [-0.2, 0) is 13.0 Å². The van der Waals surface area contributed by atoms with Gasteiger partial charge in [-0.3, -0.25) is 4.99 Å². The number of hydrogen-bond donors (Lipinski definition) is 2. The first-order chi connectivity index (χ1) is 12.6. The van der Waals surface area contributed by atoms with Crippen LogP contribution in [0.15, 0.2) is 52.8 Å². The van der Waals surface area contributed by atoms with E-state index >= 15 is 0 Å². The second-order valence-electron chi connectivity index (χ2n) is 6.20. The van der Waals surface area contributed by atoms with E-state index in [-0.39, 0.29) is 24.0 Å². The van der Waals surface area contributed by atoms with E-state index in [9.17, 15) is 0 Å². The average molecular weight is 512 g/mol. The summed E-state index contributed by atoms with van der Waals surface area (Å²) in [5, 5.41) is 9.96. The van der Waals surface area contributed by atoms with Crippen LogP contribution in [0.2, 0.25) is 0 Å². The van der Waals surface area contributed by atoms with Gasteiger partial charge in [-0.2, -0.15) is 0 Å². The van der Waals surface area contributed by atoms with Gasteiger partial charge >= 0.3 is 0 Å². The zero-order valence-corrected chi connectivity index (χ0v) is 19.7. The van der Waals surface area contributed by atoms with Crippen LogP contribution in [0.3, 0.4) is 0 Å². The van der Waals surface area contributed by atoms with Gasteiger partial charge in [-0.15, -0.1) is 46.7 Å². The van der Waals surface area contributed by atoms with E-state index in [4.69, 9.17) is 4.98 Å². The number of aliphatic imine (C=N–C) groups is 1. The highest BCUT2D eigenvalue weighted by atomic mass is 127. The molecule has 0 radical (unpaired) electrons. The fourth-order valence-corrected chi connectivity index (χ4v) is 4.50. The van der Waals surface area contributed by atoms with Crippen LogP contribution in [-0.4, -0.2) is 24.0 Å². The Balaban J connectivity index is 0.00000261. The Morgan fingerprint density at radius 3 is 2.63 bits per heavy atom. The van der Waals surface area contributed by atoms with E-state index in [1.807, 2.05) is 29.5 Å². The molecule has 2 N–H and O–H groups in total. The first-order valence-corrected chi connectivity index (χ1v) is 10.4. The zero-order valence-electron chi connectivity index (χ0n) is 15.7. The highest BCUT2D eigenvalue weighted by Crippen LogP contribution is 2.23. The van der Waals surface area contributed by atoms with Crippen molar-refractivity contribution in [2.75, 3.05) is 7.05 Å².